The standard InChI is InChI=1S/C25H23FN4O2/c26-18-1-4-23-22(11-18)21(5-6-28-23)16-7-14-9-17(10-15(14)8-16)24(31)25(32)30-20-3-2-19(12-27)29-13-20/h1-6,11,13-17,24,31H,7-10H2,(H,30,32)/t14-,15+,16-,17+,24?. The minimum Gasteiger partial charge on any atom is -0.383 e. The van der Waals surface area contributed by atoms with Crippen LogP contribution in [0.25, 0.3) is 10.9 Å². The summed E-state index contributed by atoms with van der Waals surface area (Å²) in [6.45, 7) is 0. The summed E-state index contributed by atoms with van der Waals surface area (Å²) in [5.41, 5.74) is 2.69. The van der Waals surface area contributed by atoms with E-state index in [1.54, 1.807) is 24.4 Å². The molecule has 2 aliphatic carbocycles. The molecule has 2 heterocycles. The van der Waals surface area contributed by atoms with Crippen molar-refractivity contribution in [2.75, 3.05) is 5.32 Å². The maximum Gasteiger partial charge on any atom is 0.253 e. The number of hydrogen-bond acceptors (Lipinski definition) is 5. The van der Waals surface area contributed by atoms with Crippen LogP contribution in [0.15, 0.2) is 48.8 Å². The third-order valence-electron chi connectivity index (χ3n) is 7.09. The molecule has 2 fully saturated rings. The Hall–Kier alpha value is -3.37. The molecule has 0 saturated heterocycles. The van der Waals surface area contributed by atoms with Crippen LogP contribution in [-0.4, -0.2) is 27.1 Å². The van der Waals surface area contributed by atoms with Crippen LogP contribution in [0.2, 0.25) is 0 Å². The van der Waals surface area contributed by atoms with Crippen LogP contribution in [-0.2, 0) is 4.79 Å². The fourth-order valence-corrected chi connectivity index (χ4v) is 5.63. The lowest BCUT2D eigenvalue weighted by Gasteiger charge is -2.20. The van der Waals surface area contributed by atoms with Crippen molar-refractivity contribution in [3.63, 3.8) is 0 Å². The summed E-state index contributed by atoms with van der Waals surface area (Å²) in [6, 6.07) is 11.8. The summed E-state index contributed by atoms with van der Waals surface area (Å²) in [5.74, 6) is 0.463. The number of anilines is 1. The van der Waals surface area contributed by atoms with Crippen molar-refractivity contribution in [2.24, 2.45) is 17.8 Å². The zero-order valence-corrected chi connectivity index (χ0v) is 17.4. The van der Waals surface area contributed by atoms with Crippen molar-refractivity contribution in [1.29, 1.82) is 5.26 Å². The van der Waals surface area contributed by atoms with E-state index >= 15 is 0 Å². The Morgan fingerprint density at radius 2 is 1.91 bits per heavy atom. The van der Waals surface area contributed by atoms with Crippen molar-refractivity contribution < 1.29 is 14.3 Å². The quantitative estimate of drug-likeness (QED) is 0.648. The predicted molar refractivity (Wildman–Crippen MR) is 117 cm³/mol. The molecule has 7 heteroatoms. The molecule has 5 atom stereocenters. The summed E-state index contributed by atoms with van der Waals surface area (Å²) in [6.07, 6.45) is 5.69. The molecule has 1 amide bonds. The summed E-state index contributed by atoms with van der Waals surface area (Å²) < 4.78 is 13.8. The molecule has 0 aliphatic heterocycles. The monoisotopic (exact) mass is 430 g/mol. The molecule has 3 aromatic rings. The Labute approximate surface area is 185 Å². The first-order chi connectivity index (χ1) is 15.5. The summed E-state index contributed by atoms with van der Waals surface area (Å²) >= 11 is 0. The number of halogens is 1. The molecule has 6 nitrogen and oxygen atoms in total. The first-order valence-electron chi connectivity index (χ1n) is 10.9. The number of aliphatic hydroxyl groups excluding tert-OH is 1. The predicted octanol–water partition coefficient (Wildman–Crippen LogP) is 4.16. The number of pyridine rings is 2. The van der Waals surface area contributed by atoms with Gasteiger partial charge in [-0.3, -0.25) is 9.78 Å². The van der Waals surface area contributed by atoms with Crippen molar-refractivity contribution >= 4 is 22.5 Å². The van der Waals surface area contributed by atoms with Crippen LogP contribution in [0.5, 0.6) is 0 Å². The number of carbonyl (C=O) groups is 1. The number of benzene rings is 1. The van der Waals surface area contributed by atoms with E-state index in [0.29, 0.717) is 23.4 Å². The zero-order chi connectivity index (χ0) is 22.2. The normalized spacial score (nSPS) is 25.3. The van der Waals surface area contributed by atoms with Gasteiger partial charge in [-0.25, -0.2) is 9.37 Å². The topological polar surface area (TPSA) is 98.9 Å². The van der Waals surface area contributed by atoms with E-state index < -0.39 is 12.0 Å². The molecule has 0 spiro atoms. The Morgan fingerprint density at radius 1 is 1.12 bits per heavy atom. The van der Waals surface area contributed by atoms with E-state index in [0.717, 1.165) is 42.1 Å². The minimum atomic E-state index is -1.08. The van der Waals surface area contributed by atoms with Crippen LogP contribution in [0, 0.1) is 34.9 Å². The molecular weight excluding hydrogens is 407 g/mol. The molecule has 162 valence electrons. The molecule has 0 radical (unpaired) electrons. The van der Waals surface area contributed by atoms with Gasteiger partial charge in [-0.15, -0.1) is 0 Å². The largest absolute Gasteiger partial charge is 0.383 e. The van der Waals surface area contributed by atoms with Gasteiger partial charge in [0.2, 0.25) is 0 Å². The van der Waals surface area contributed by atoms with Gasteiger partial charge in [0.15, 0.2) is 0 Å². The number of nitrogens with zero attached hydrogens (tertiary/aromatic N) is 3. The van der Waals surface area contributed by atoms with Gasteiger partial charge >= 0.3 is 0 Å². The third-order valence-corrected chi connectivity index (χ3v) is 7.09. The number of hydrogen-bond donors (Lipinski definition) is 2. The molecule has 32 heavy (non-hydrogen) atoms. The number of rotatable bonds is 4. The number of aromatic nitrogens is 2. The lowest BCUT2D eigenvalue weighted by atomic mass is 9.89. The number of nitriles is 1. The van der Waals surface area contributed by atoms with E-state index in [1.807, 2.05) is 12.1 Å². The van der Waals surface area contributed by atoms with Gasteiger partial charge in [0.1, 0.15) is 23.7 Å². The van der Waals surface area contributed by atoms with Crippen molar-refractivity contribution in [1.82, 2.24) is 9.97 Å². The van der Waals surface area contributed by atoms with Crippen LogP contribution < -0.4 is 5.32 Å². The Bertz CT molecular complexity index is 1190. The lowest BCUT2D eigenvalue weighted by molar-refractivity contribution is -0.126. The first kappa shape index (κ1) is 20.5. The van der Waals surface area contributed by atoms with E-state index in [4.69, 9.17) is 5.26 Å². The second-order valence-electron chi connectivity index (χ2n) is 8.96. The molecule has 1 unspecified atom stereocenters. The fourth-order valence-electron chi connectivity index (χ4n) is 5.63. The maximum absolute atomic E-state index is 13.8. The zero-order valence-electron chi connectivity index (χ0n) is 17.4. The Kier molecular flexibility index (Phi) is 5.32. The Morgan fingerprint density at radius 3 is 2.59 bits per heavy atom. The summed E-state index contributed by atoms with van der Waals surface area (Å²) in [5, 5.41) is 23.0. The highest BCUT2D eigenvalue weighted by atomic mass is 19.1. The first-order valence-corrected chi connectivity index (χ1v) is 10.9. The third kappa shape index (κ3) is 3.82. The molecule has 2 aromatic heterocycles. The molecule has 2 N–H and O–H groups in total. The maximum atomic E-state index is 13.8. The number of nitrogens with one attached hydrogen (secondary N) is 1. The lowest BCUT2D eigenvalue weighted by Crippen LogP contribution is -2.33. The van der Waals surface area contributed by atoms with Crippen LogP contribution in [0.1, 0.15) is 42.9 Å². The van der Waals surface area contributed by atoms with Gasteiger partial charge in [0, 0.05) is 11.6 Å². The SMILES string of the molecule is N#Cc1ccc(NC(=O)C(O)[C@H]2C[C@H]3C[C@@H](c4ccnc5ccc(F)cc45)C[C@H]3C2)cn1. The van der Waals surface area contributed by atoms with Crippen molar-refractivity contribution in [3.8, 4) is 6.07 Å². The molecule has 1 aromatic carbocycles. The smallest absolute Gasteiger partial charge is 0.253 e. The minimum absolute atomic E-state index is 0.0797. The average molecular weight is 430 g/mol. The van der Waals surface area contributed by atoms with Crippen LogP contribution >= 0.6 is 0 Å². The second-order valence-corrected chi connectivity index (χ2v) is 8.96. The van der Waals surface area contributed by atoms with Crippen molar-refractivity contribution in [3.05, 3.63) is 65.9 Å². The molecule has 0 bridgehead atoms. The Balaban J connectivity index is 1.23. The number of carbonyl (C=O) groups excluding carboxylic acids is 1. The van der Waals surface area contributed by atoms with Crippen LogP contribution in [0.4, 0.5) is 10.1 Å². The van der Waals surface area contributed by atoms with Gasteiger partial charge in [-0.05, 0) is 91.3 Å². The van der Waals surface area contributed by atoms with E-state index in [1.165, 1.54) is 18.3 Å². The van der Waals surface area contributed by atoms with E-state index in [-0.39, 0.29) is 17.4 Å². The average Bonchev–Trinajstić information content (AvgIpc) is 3.38. The van der Waals surface area contributed by atoms with Gasteiger partial charge in [-0.1, -0.05) is 0 Å². The summed E-state index contributed by atoms with van der Waals surface area (Å²) in [7, 11) is 0. The number of fused-ring (bicyclic) bond motifs is 2. The van der Waals surface area contributed by atoms with E-state index in [9.17, 15) is 14.3 Å². The fraction of sp³-hybridized carbons (Fsp3) is 0.360. The summed E-state index contributed by atoms with van der Waals surface area (Å²) in [4.78, 5) is 20.8. The van der Waals surface area contributed by atoms with Gasteiger partial charge in [0.25, 0.3) is 5.91 Å². The molecule has 5 rings (SSSR count). The highest BCUT2D eigenvalue weighted by Gasteiger charge is 2.45. The van der Waals surface area contributed by atoms with Crippen molar-refractivity contribution in [2.45, 2.75) is 37.7 Å². The van der Waals surface area contributed by atoms with E-state index in [2.05, 4.69) is 15.3 Å². The molecule has 2 aliphatic rings. The number of aliphatic hydroxyl groups is 1. The highest BCUT2D eigenvalue weighted by molar-refractivity contribution is 5.94. The molecular formula is C25H23FN4O2. The molecule has 2 saturated carbocycles. The van der Waals surface area contributed by atoms with Gasteiger partial charge in [0.05, 0.1) is 17.4 Å². The van der Waals surface area contributed by atoms with Crippen LogP contribution in [0.3, 0.4) is 0 Å². The highest BCUT2D eigenvalue weighted by Crippen LogP contribution is 2.53. The number of amides is 1. The second kappa shape index (κ2) is 8.29. The van der Waals surface area contributed by atoms with Gasteiger partial charge in [-0.2, -0.15) is 5.26 Å². The van der Waals surface area contributed by atoms with Gasteiger partial charge < -0.3 is 10.4 Å².